The molecule has 7 nitrogen and oxygen atoms in total. The second-order valence-electron chi connectivity index (χ2n) is 7.18. The van der Waals surface area contributed by atoms with Gasteiger partial charge in [0.05, 0.1) is 32.7 Å². The third kappa shape index (κ3) is 4.34. The monoisotopic (exact) mass is 399 g/mol. The molecule has 1 saturated heterocycles. The molecule has 0 saturated carbocycles. The van der Waals surface area contributed by atoms with Crippen LogP contribution in [0.15, 0.2) is 30.3 Å². The number of nitrogens with one attached hydrogen (secondary N) is 1. The molecule has 3 N–H and O–H groups in total. The fourth-order valence-corrected chi connectivity index (χ4v) is 3.77. The van der Waals surface area contributed by atoms with Gasteiger partial charge in [0.2, 0.25) is 5.75 Å². The Balaban J connectivity index is 1.94. The highest BCUT2D eigenvalue weighted by Gasteiger charge is 2.23. The third-order valence-corrected chi connectivity index (χ3v) is 5.31. The van der Waals surface area contributed by atoms with E-state index >= 15 is 0 Å². The normalized spacial score (nSPS) is 16.3. The number of methoxy groups -OCH3 is 3. The van der Waals surface area contributed by atoms with Crippen LogP contribution in [0.25, 0.3) is 0 Å². The molecule has 1 aliphatic heterocycles. The molecule has 1 fully saturated rings. The van der Waals surface area contributed by atoms with E-state index < -0.39 is 0 Å². The molecular formula is C22H29N3O4. The number of carbonyl (C=O) groups is 1. The Morgan fingerprint density at radius 1 is 1.07 bits per heavy atom. The molecule has 3 rings (SSSR count). The van der Waals surface area contributed by atoms with Gasteiger partial charge in [-0.2, -0.15) is 0 Å². The predicted octanol–water partition coefficient (Wildman–Crippen LogP) is 3.93. The highest BCUT2D eigenvalue weighted by molar-refractivity contribution is 6.07. The molecule has 0 radical (unpaired) electrons. The van der Waals surface area contributed by atoms with Crippen molar-refractivity contribution in [1.82, 2.24) is 0 Å². The number of rotatable bonds is 6. The number of hydrogen-bond donors (Lipinski definition) is 2. The van der Waals surface area contributed by atoms with Crippen molar-refractivity contribution in [2.45, 2.75) is 32.2 Å². The van der Waals surface area contributed by atoms with E-state index in [1.807, 2.05) is 12.1 Å². The Labute approximate surface area is 171 Å². The summed E-state index contributed by atoms with van der Waals surface area (Å²) in [5.41, 5.74) is 8.68. The van der Waals surface area contributed by atoms with Gasteiger partial charge in [-0.1, -0.05) is 0 Å². The van der Waals surface area contributed by atoms with Gasteiger partial charge in [-0.3, -0.25) is 4.79 Å². The molecule has 2 aromatic rings. The van der Waals surface area contributed by atoms with Crippen molar-refractivity contribution in [3.8, 4) is 17.2 Å². The van der Waals surface area contributed by atoms with Crippen molar-refractivity contribution >= 4 is 23.0 Å². The first kappa shape index (κ1) is 20.6. The van der Waals surface area contributed by atoms with E-state index in [-0.39, 0.29) is 5.91 Å². The minimum absolute atomic E-state index is 0.277. The Hall–Kier alpha value is -3.09. The van der Waals surface area contributed by atoms with Crippen LogP contribution in [0.5, 0.6) is 17.2 Å². The van der Waals surface area contributed by atoms with Gasteiger partial charge in [0.15, 0.2) is 11.5 Å². The maximum atomic E-state index is 13.1. The number of ether oxygens (including phenoxy) is 3. The molecule has 0 spiro atoms. The second-order valence-corrected chi connectivity index (χ2v) is 7.18. The van der Waals surface area contributed by atoms with Crippen molar-refractivity contribution in [3.05, 3.63) is 35.9 Å². The van der Waals surface area contributed by atoms with E-state index in [9.17, 15) is 4.79 Å². The van der Waals surface area contributed by atoms with Gasteiger partial charge in [0.25, 0.3) is 5.91 Å². The summed E-state index contributed by atoms with van der Waals surface area (Å²) in [6, 6.07) is 9.31. The molecule has 156 valence electrons. The average molecular weight is 399 g/mol. The number of hydrogen-bond acceptors (Lipinski definition) is 6. The first-order valence-electron chi connectivity index (χ1n) is 9.76. The van der Waals surface area contributed by atoms with Gasteiger partial charge < -0.3 is 30.2 Å². The number of carbonyl (C=O) groups excluding carboxylic acids is 1. The number of anilines is 3. The molecule has 29 heavy (non-hydrogen) atoms. The van der Waals surface area contributed by atoms with Crippen molar-refractivity contribution < 1.29 is 19.0 Å². The van der Waals surface area contributed by atoms with Crippen molar-refractivity contribution in [3.63, 3.8) is 0 Å². The molecule has 2 aromatic carbocycles. The van der Waals surface area contributed by atoms with E-state index in [0.717, 1.165) is 25.1 Å². The van der Waals surface area contributed by atoms with Gasteiger partial charge in [-0.15, -0.1) is 0 Å². The highest BCUT2D eigenvalue weighted by Crippen LogP contribution is 2.39. The van der Waals surface area contributed by atoms with Gasteiger partial charge in [-0.05, 0) is 56.5 Å². The van der Waals surface area contributed by atoms with Crippen LogP contribution < -0.4 is 30.2 Å². The topological polar surface area (TPSA) is 86.0 Å². The Morgan fingerprint density at radius 3 is 2.34 bits per heavy atom. The van der Waals surface area contributed by atoms with Crippen LogP contribution in [0, 0.1) is 0 Å². The van der Waals surface area contributed by atoms with Gasteiger partial charge in [0.1, 0.15) is 0 Å². The van der Waals surface area contributed by atoms with E-state index in [4.69, 9.17) is 19.9 Å². The van der Waals surface area contributed by atoms with E-state index in [0.29, 0.717) is 40.2 Å². The van der Waals surface area contributed by atoms with E-state index in [1.54, 1.807) is 18.2 Å². The minimum Gasteiger partial charge on any atom is -0.493 e. The number of benzene rings is 2. The fraction of sp³-hybridized carbons (Fsp3) is 0.409. The molecule has 7 heteroatoms. The predicted molar refractivity (Wildman–Crippen MR) is 116 cm³/mol. The zero-order valence-electron chi connectivity index (χ0n) is 17.5. The number of nitrogen functional groups attached to an aromatic ring is 1. The zero-order valence-corrected chi connectivity index (χ0v) is 17.5. The molecule has 1 heterocycles. The summed E-state index contributed by atoms with van der Waals surface area (Å²) in [5.74, 6) is 1.02. The summed E-state index contributed by atoms with van der Waals surface area (Å²) in [7, 11) is 4.57. The zero-order chi connectivity index (χ0) is 21.0. The van der Waals surface area contributed by atoms with Crippen LogP contribution in [0.2, 0.25) is 0 Å². The van der Waals surface area contributed by atoms with Gasteiger partial charge >= 0.3 is 0 Å². The van der Waals surface area contributed by atoms with Gasteiger partial charge in [-0.25, -0.2) is 0 Å². The van der Waals surface area contributed by atoms with Crippen molar-refractivity contribution in [2.75, 3.05) is 43.8 Å². The van der Waals surface area contributed by atoms with Crippen LogP contribution in [0.1, 0.15) is 36.5 Å². The SMILES string of the molecule is COc1cc(C(=O)Nc2cc(N)ccc2N2CCCC[C@@H]2C)cc(OC)c1OC. The molecule has 1 aliphatic rings. The minimum atomic E-state index is -0.277. The summed E-state index contributed by atoms with van der Waals surface area (Å²) in [6.45, 7) is 3.17. The second kappa shape index (κ2) is 8.94. The van der Waals surface area contributed by atoms with Crippen LogP contribution in [0.4, 0.5) is 17.1 Å². The average Bonchev–Trinajstić information content (AvgIpc) is 2.73. The first-order chi connectivity index (χ1) is 14.0. The molecule has 0 bridgehead atoms. The van der Waals surface area contributed by atoms with Crippen LogP contribution in [0.3, 0.4) is 0 Å². The van der Waals surface area contributed by atoms with E-state index in [2.05, 4.69) is 17.1 Å². The highest BCUT2D eigenvalue weighted by atomic mass is 16.5. The number of piperidine rings is 1. The maximum absolute atomic E-state index is 13.1. The van der Waals surface area contributed by atoms with Crippen molar-refractivity contribution in [2.24, 2.45) is 0 Å². The summed E-state index contributed by atoms with van der Waals surface area (Å²) < 4.78 is 16.0. The quantitative estimate of drug-likeness (QED) is 0.716. The smallest absolute Gasteiger partial charge is 0.255 e. The summed E-state index contributed by atoms with van der Waals surface area (Å²) in [6.07, 6.45) is 3.49. The molecular weight excluding hydrogens is 370 g/mol. The third-order valence-electron chi connectivity index (χ3n) is 5.31. The first-order valence-corrected chi connectivity index (χ1v) is 9.76. The summed E-state index contributed by atoms with van der Waals surface area (Å²) in [5, 5.41) is 3.01. The molecule has 0 unspecified atom stereocenters. The number of nitrogens with zero attached hydrogens (tertiary/aromatic N) is 1. The lowest BCUT2D eigenvalue weighted by atomic mass is 10.0. The Morgan fingerprint density at radius 2 is 1.76 bits per heavy atom. The number of amides is 1. The Kier molecular flexibility index (Phi) is 6.36. The molecule has 1 atom stereocenters. The van der Waals surface area contributed by atoms with E-state index in [1.165, 1.54) is 27.8 Å². The molecule has 0 aliphatic carbocycles. The van der Waals surface area contributed by atoms with Crippen molar-refractivity contribution in [1.29, 1.82) is 0 Å². The van der Waals surface area contributed by atoms with Crippen LogP contribution >= 0.6 is 0 Å². The van der Waals surface area contributed by atoms with Crippen LogP contribution in [-0.4, -0.2) is 39.8 Å². The maximum Gasteiger partial charge on any atom is 0.255 e. The van der Waals surface area contributed by atoms with Gasteiger partial charge in [0, 0.05) is 23.8 Å². The lowest BCUT2D eigenvalue weighted by molar-refractivity contribution is 0.102. The molecule has 0 aromatic heterocycles. The Bertz CT molecular complexity index is 859. The number of nitrogens with two attached hydrogens (primary N) is 1. The lowest BCUT2D eigenvalue weighted by Crippen LogP contribution is -2.38. The molecule has 1 amide bonds. The largest absolute Gasteiger partial charge is 0.493 e. The fourth-order valence-electron chi connectivity index (χ4n) is 3.77. The van der Waals surface area contributed by atoms with Crippen LogP contribution in [-0.2, 0) is 0 Å². The standard InChI is InChI=1S/C22H29N3O4/c1-14-7-5-6-10-25(14)18-9-8-16(23)13-17(18)24-22(26)15-11-19(27-2)21(29-4)20(12-15)28-3/h8-9,11-14H,5-7,10,23H2,1-4H3,(H,24,26)/t14-/m0/s1. The lowest BCUT2D eigenvalue weighted by Gasteiger charge is -2.36. The summed E-state index contributed by atoms with van der Waals surface area (Å²) in [4.78, 5) is 15.4. The summed E-state index contributed by atoms with van der Waals surface area (Å²) >= 11 is 0.